The molecule has 1 aliphatic rings. The summed E-state index contributed by atoms with van der Waals surface area (Å²) in [6.45, 7) is 0. The third-order valence-electron chi connectivity index (χ3n) is 2.41. The molecule has 0 aromatic heterocycles. The minimum atomic E-state index is -0.693. The van der Waals surface area contributed by atoms with Crippen LogP contribution in [0.4, 0.5) is 0 Å². The van der Waals surface area contributed by atoms with Crippen LogP contribution in [0.5, 0.6) is 0 Å². The van der Waals surface area contributed by atoms with E-state index in [2.05, 4.69) is 0 Å². The van der Waals surface area contributed by atoms with Crippen molar-refractivity contribution in [2.75, 3.05) is 0 Å². The molecule has 0 spiro atoms. The van der Waals surface area contributed by atoms with Gasteiger partial charge in [0.1, 0.15) is 4.87 Å². The first-order valence-corrected chi connectivity index (χ1v) is 5.77. The first-order chi connectivity index (χ1) is 7.13. The highest BCUT2D eigenvalue weighted by molar-refractivity contribution is 6.37. The molecule has 78 valence electrons. The smallest absolute Gasteiger partial charge is 0.108 e. The molecule has 0 radical (unpaired) electrons. The molecule has 0 fully saturated rings. The Hall–Kier alpha value is -0.430. The third kappa shape index (κ3) is 2.08. The number of hydrogen-bond acceptors (Lipinski definition) is 0. The van der Waals surface area contributed by atoms with Crippen molar-refractivity contribution < 1.29 is 0 Å². The van der Waals surface area contributed by atoms with E-state index >= 15 is 0 Å². The monoisotopic (exact) mass is 258 g/mol. The Labute approximate surface area is 104 Å². The molecule has 0 nitrogen and oxygen atoms in total. The first kappa shape index (κ1) is 11.1. The molecule has 0 bridgehead atoms. The van der Waals surface area contributed by atoms with Crippen molar-refractivity contribution in [1.29, 1.82) is 0 Å². The summed E-state index contributed by atoms with van der Waals surface area (Å²) >= 11 is 18.6. The number of benzene rings is 1. The van der Waals surface area contributed by atoms with Crippen LogP contribution in [-0.2, 0) is 4.87 Å². The molecule has 0 saturated carbocycles. The van der Waals surface area contributed by atoms with Crippen molar-refractivity contribution in [3.05, 3.63) is 59.2 Å². The molecule has 2 atom stereocenters. The molecule has 1 aliphatic carbocycles. The summed E-state index contributed by atoms with van der Waals surface area (Å²) in [6, 6.07) is 9.75. The van der Waals surface area contributed by atoms with Crippen LogP contribution in [-0.4, -0.2) is 5.38 Å². The number of hydrogen-bond donors (Lipinski definition) is 0. The Bertz CT molecular complexity index is 408. The maximum atomic E-state index is 6.49. The van der Waals surface area contributed by atoms with Crippen LogP contribution >= 0.6 is 34.8 Å². The highest BCUT2D eigenvalue weighted by atomic mass is 35.5. The minimum absolute atomic E-state index is 0.334. The zero-order chi connectivity index (χ0) is 10.9. The van der Waals surface area contributed by atoms with Gasteiger partial charge in [-0.3, -0.25) is 0 Å². The van der Waals surface area contributed by atoms with E-state index in [1.165, 1.54) is 0 Å². The highest BCUT2D eigenvalue weighted by Crippen LogP contribution is 2.41. The maximum Gasteiger partial charge on any atom is 0.108 e. The van der Waals surface area contributed by atoms with Gasteiger partial charge >= 0.3 is 0 Å². The van der Waals surface area contributed by atoms with Crippen LogP contribution in [0.1, 0.15) is 5.56 Å². The summed E-state index contributed by atoms with van der Waals surface area (Å²) in [5.74, 6) is 0. The Kier molecular flexibility index (Phi) is 3.11. The van der Waals surface area contributed by atoms with Gasteiger partial charge < -0.3 is 0 Å². The van der Waals surface area contributed by atoms with Gasteiger partial charge in [-0.2, -0.15) is 0 Å². The molecular formula is C12H9Cl3. The van der Waals surface area contributed by atoms with Gasteiger partial charge in [0.05, 0.1) is 5.38 Å². The summed E-state index contributed by atoms with van der Waals surface area (Å²) in [7, 11) is 0. The number of halogens is 3. The van der Waals surface area contributed by atoms with E-state index in [0.29, 0.717) is 5.03 Å². The lowest BCUT2D eigenvalue weighted by Crippen LogP contribution is -2.28. The summed E-state index contributed by atoms with van der Waals surface area (Å²) < 4.78 is 0. The maximum absolute atomic E-state index is 6.49. The lowest BCUT2D eigenvalue weighted by atomic mass is 9.91. The van der Waals surface area contributed by atoms with Crippen LogP contribution in [0.3, 0.4) is 0 Å². The Morgan fingerprint density at radius 3 is 2.40 bits per heavy atom. The Morgan fingerprint density at radius 2 is 1.80 bits per heavy atom. The van der Waals surface area contributed by atoms with Gasteiger partial charge in [-0.1, -0.05) is 48.0 Å². The fourth-order valence-electron chi connectivity index (χ4n) is 1.56. The van der Waals surface area contributed by atoms with E-state index in [9.17, 15) is 0 Å². The highest BCUT2D eigenvalue weighted by Gasteiger charge is 2.35. The van der Waals surface area contributed by atoms with Crippen molar-refractivity contribution in [3.8, 4) is 0 Å². The van der Waals surface area contributed by atoms with Gasteiger partial charge in [0.15, 0.2) is 0 Å². The Balaban J connectivity index is 2.41. The second-order valence-corrected chi connectivity index (χ2v) is 4.95. The van der Waals surface area contributed by atoms with Crippen molar-refractivity contribution in [1.82, 2.24) is 0 Å². The van der Waals surface area contributed by atoms with Crippen LogP contribution in [0.25, 0.3) is 0 Å². The van der Waals surface area contributed by atoms with Gasteiger partial charge in [-0.05, 0) is 17.7 Å². The normalized spacial score (nSPS) is 30.1. The molecule has 0 heterocycles. The SMILES string of the molecule is ClC1=CC(Cl)C(Cl)(c2ccccc2)C=C1. The molecule has 2 rings (SSSR count). The molecule has 15 heavy (non-hydrogen) atoms. The molecule has 3 heteroatoms. The van der Waals surface area contributed by atoms with Crippen LogP contribution in [0.15, 0.2) is 53.6 Å². The predicted octanol–water partition coefficient (Wildman–Crippen LogP) is 4.42. The van der Waals surface area contributed by atoms with Gasteiger partial charge in [-0.25, -0.2) is 0 Å². The van der Waals surface area contributed by atoms with Gasteiger partial charge in [0.2, 0.25) is 0 Å². The predicted molar refractivity (Wildman–Crippen MR) is 66.7 cm³/mol. The first-order valence-electron chi connectivity index (χ1n) is 4.58. The van der Waals surface area contributed by atoms with Crippen molar-refractivity contribution in [2.45, 2.75) is 10.3 Å². The van der Waals surface area contributed by atoms with Gasteiger partial charge in [-0.15, -0.1) is 23.2 Å². The molecule has 1 aromatic carbocycles. The molecule has 0 aliphatic heterocycles. The van der Waals surface area contributed by atoms with E-state index < -0.39 is 4.87 Å². The third-order valence-corrected chi connectivity index (χ3v) is 3.82. The lowest BCUT2D eigenvalue weighted by molar-refractivity contribution is 0.770. The second-order valence-electron chi connectivity index (χ2n) is 3.42. The molecule has 0 N–H and O–H groups in total. The largest absolute Gasteiger partial charge is 0.116 e. The van der Waals surface area contributed by atoms with Crippen molar-refractivity contribution in [2.24, 2.45) is 0 Å². The summed E-state index contributed by atoms with van der Waals surface area (Å²) in [6.07, 6.45) is 5.37. The molecule has 1 aromatic rings. The topological polar surface area (TPSA) is 0 Å². The van der Waals surface area contributed by atoms with E-state index in [0.717, 1.165) is 5.56 Å². The minimum Gasteiger partial charge on any atom is -0.116 e. The van der Waals surface area contributed by atoms with E-state index in [4.69, 9.17) is 34.8 Å². The average Bonchev–Trinajstić information content (AvgIpc) is 2.25. The zero-order valence-electron chi connectivity index (χ0n) is 7.83. The van der Waals surface area contributed by atoms with Gasteiger partial charge in [0, 0.05) is 5.03 Å². The van der Waals surface area contributed by atoms with E-state index in [-0.39, 0.29) is 5.38 Å². The van der Waals surface area contributed by atoms with E-state index in [1.807, 2.05) is 36.4 Å². The fraction of sp³-hybridized carbons (Fsp3) is 0.167. The summed E-state index contributed by atoms with van der Waals surface area (Å²) in [5, 5.41) is 0.293. The quantitative estimate of drug-likeness (QED) is 0.655. The fourth-order valence-corrected chi connectivity index (χ4v) is 2.40. The molecular weight excluding hydrogens is 250 g/mol. The summed E-state index contributed by atoms with van der Waals surface area (Å²) in [5.41, 5.74) is 0.975. The number of allylic oxidation sites excluding steroid dienone is 4. The van der Waals surface area contributed by atoms with Crippen molar-refractivity contribution in [3.63, 3.8) is 0 Å². The number of rotatable bonds is 1. The van der Waals surface area contributed by atoms with Crippen LogP contribution < -0.4 is 0 Å². The van der Waals surface area contributed by atoms with Crippen LogP contribution in [0, 0.1) is 0 Å². The van der Waals surface area contributed by atoms with Gasteiger partial charge in [0.25, 0.3) is 0 Å². The molecule has 0 amide bonds. The second kappa shape index (κ2) is 4.21. The average molecular weight is 260 g/mol. The summed E-state index contributed by atoms with van der Waals surface area (Å²) in [4.78, 5) is -0.693. The zero-order valence-corrected chi connectivity index (χ0v) is 10.1. The Morgan fingerprint density at radius 1 is 1.13 bits per heavy atom. The van der Waals surface area contributed by atoms with E-state index in [1.54, 1.807) is 12.2 Å². The molecule has 0 saturated heterocycles. The van der Waals surface area contributed by atoms with Crippen LogP contribution in [0.2, 0.25) is 0 Å². The van der Waals surface area contributed by atoms with Crippen molar-refractivity contribution >= 4 is 34.8 Å². The molecule has 2 unspecified atom stereocenters. The number of alkyl halides is 2. The standard InChI is InChI=1S/C12H9Cl3/c13-10-6-7-12(15,11(14)8-10)9-4-2-1-3-5-9/h1-8,11H. The lowest BCUT2D eigenvalue weighted by Gasteiger charge is -2.29.